The molecular weight excluding hydrogens is 216 g/mol. The minimum Gasteiger partial charge on any atom is -0.399 e. The van der Waals surface area contributed by atoms with Crippen molar-refractivity contribution in [3.8, 4) is 0 Å². The third-order valence-electron chi connectivity index (χ3n) is 3.03. The number of nitrogens with two attached hydrogens (primary N) is 1. The SMILES string of the molecule is CCC(=O)N1CCOC(c2ccc(N)cc2)C1. The number of ether oxygens (including phenoxy) is 1. The van der Waals surface area contributed by atoms with Gasteiger partial charge >= 0.3 is 0 Å². The zero-order valence-electron chi connectivity index (χ0n) is 10.1. The molecule has 0 aromatic heterocycles. The molecule has 0 aliphatic carbocycles. The van der Waals surface area contributed by atoms with Gasteiger partial charge in [0.1, 0.15) is 6.10 Å². The molecule has 1 heterocycles. The second-order valence-corrected chi connectivity index (χ2v) is 4.22. The summed E-state index contributed by atoms with van der Waals surface area (Å²) in [4.78, 5) is 13.5. The van der Waals surface area contributed by atoms with Crippen LogP contribution in [0.3, 0.4) is 0 Å². The lowest BCUT2D eigenvalue weighted by atomic mass is 10.1. The molecule has 1 aliphatic rings. The molecule has 0 saturated carbocycles. The first-order valence-electron chi connectivity index (χ1n) is 5.95. The van der Waals surface area contributed by atoms with Gasteiger partial charge in [0.15, 0.2) is 0 Å². The van der Waals surface area contributed by atoms with Gasteiger partial charge in [-0.2, -0.15) is 0 Å². The Morgan fingerprint density at radius 2 is 2.18 bits per heavy atom. The fraction of sp³-hybridized carbons (Fsp3) is 0.462. The van der Waals surface area contributed by atoms with Crippen molar-refractivity contribution in [2.45, 2.75) is 19.4 Å². The number of carbonyl (C=O) groups is 1. The maximum absolute atomic E-state index is 11.6. The third kappa shape index (κ3) is 2.77. The summed E-state index contributed by atoms with van der Waals surface area (Å²) < 4.78 is 5.69. The van der Waals surface area contributed by atoms with Crippen molar-refractivity contribution >= 4 is 11.6 Å². The van der Waals surface area contributed by atoms with Gasteiger partial charge in [0, 0.05) is 18.7 Å². The Balaban J connectivity index is 2.06. The largest absolute Gasteiger partial charge is 0.399 e. The first-order chi connectivity index (χ1) is 8.20. The minimum atomic E-state index is -0.0279. The molecule has 1 aromatic carbocycles. The smallest absolute Gasteiger partial charge is 0.222 e. The van der Waals surface area contributed by atoms with Gasteiger partial charge in [-0.25, -0.2) is 0 Å². The van der Waals surface area contributed by atoms with Crippen molar-refractivity contribution in [2.24, 2.45) is 0 Å². The third-order valence-corrected chi connectivity index (χ3v) is 3.03. The Morgan fingerprint density at radius 1 is 1.47 bits per heavy atom. The minimum absolute atomic E-state index is 0.0279. The highest BCUT2D eigenvalue weighted by Gasteiger charge is 2.24. The molecule has 4 heteroatoms. The van der Waals surface area contributed by atoms with Crippen LogP contribution >= 0.6 is 0 Å². The molecule has 0 radical (unpaired) electrons. The van der Waals surface area contributed by atoms with Crippen LogP contribution in [0.2, 0.25) is 0 Å². The second-order valence-electron chi connectivity index (χ2n) is 4.22. The molecule has 2 rings (SSSR count). The number of anilines is 1. The Hall–Kier alpha value is -1.55. The van der Waals surface area contributed by atoms with Crippen LogP contribution in [0.5, 0.6) is 0 Å². The van der Waals surface area contributed by atoms with Gasteiger partial charge in [0.2, 0.25) is 5.91 Å². The van der Waals surface area contributed by atoms with Crippen LogP contribution in [0.4, 0.5) is 5.69 Å². The predicted octanol–water partition coefficient (Wildman–Crippen LogP) is 1.58. The molecule has 92 valence electrons. The summed E-state index contributed by atoms with van der Waals surface area (Å²) >= 11 is 0. The first kappa shape index (κ1) is 11.9. The summed E-state index contributed by atoms with van der Waals surface area (Å²) in [6.45, 7) is 3.81. The predicted molar refractivity (Wildman–Crippen MR) is 66.4 cm³/mol. The van der Waals surface area contributed by atoms with E-state index in [-0.39, 0.29) is 12.0 Å². The summed E-state index contributed by atoms with van der Waals surface area (Å²) in [7, 11) is 0. The monoisotopic (exact) mass is 234 g/mol. The number of carbonyl (C=O) groups excluding carboxylic acids is 1. The number of benzene rings is 1. The normalized spacial score (nSPS) is 20.3. The number of hydrogen-bond acceptors (Lipinski definition) is 3. The highest BCUT2D eigenvalue weighted by atomic mass is 16.5. The van der Waals surface area contributed by atoms with Gasteiger partial charge in [0.05, 0.1) is 13.2 Å². The summed E-state index contributed by atoms with van der Waals surface area (Å²) in [5.74, 6) is 0.189. The van der Waals surface area contributed by atoms with Crippen molar-refractivity contribution < 1.29 is 9.53 Å². The van der Waals surface area contributed by atoms with Crippen LogP contribution in [0, 0.1) is 0 Å². The number of hydrogen-bond donors (Lipinski definition) is 1. The molecule has 1 fully saturated rings. The van der Waals surface area contributed by atoms with Crippen LogP contribution in [0.25, 0.3) is 0 Å². The number of nitrogens with zero attached hydrogens (tertiary/aromatic N) is 1. The van der Waals surface area contributed by atoms with E-state index in [1.54, 1.807) is 0 Å². The Labute approximate surface area is 101 Å². The quantitative estimate of drug-likeness (QED) is 0.790. The molecule has 0 spiro atoms. The van der Waals surface area contributed by atoms with Gasteiger partial charge in [-0.1, -0.05) is 19.1 Å². The van der Waals surface area contributed by atoms with E-state index in [4.69, 9.17) is 10.5 Å². The molecule has 1 amide bonds. The van der Waals surface area contributed by atoms with E-state index in [1.165, 1.54) is 0 Å². The molecule has 4 nitrogen and oxygen atoms in total. The lowest BCUT2D eigenvalue weighted by Crippen LogP contribution is -2.41. The molecule has 17 heavy (non-hydrogen) atoms. The zero-order valence-corrected chi connectivity index (χ0v) is 10.1. The van der Waals surface area contributed by atoms with Gasteiger partial charge in [0.25, 0.3) is 0 Å². The van der Waals surface area contributed by atoms with Gasteiger partial charge in [-0.05, 0) is 17.7 Å². The summed E-state index contributed by atoms with van der Waals surface area (Å²) in [6.07, 6.45) is 0.522. The number of morpholine rings is 1. The van der Waals surface area contributed by atoms with Crippen molar-refractivity contribution in [1.82, 2.24) is 4.90 Å². The van der Waals surface area contributed by atoms with E-state index in [9.17, 15) is 4.79 Å². The van der Waals surface area contributed by atoms with Crippen molar-refractivity contribution in [3.63, 3.8) is 0 Å². The molecule has 1 aromatic rings. The second kappa shape index (κ2) is 5.19. The fourth-order valence-electron chi connectivity index (χ4n) is 2.01. The van der Waals surface area contributed by atoms with Crippen molar-refractivity contribution in [1.29, 1.82) is 0 Å². The zero-order chi connectivity index (χ0) is 12.3. The van der Waals surface area contributed by atoms with Crippen LogP contribution < -0.4 is 5.73 Å². The maximum atomic E-state index is 11.6. The molecule has 1 aliphatic heterocycles. The maximum Gasteiger partial charge on any atom is 0.222 e. The number of rotatable bonds is 2. The van der Waals surface area contributed by atoms with Crippen LogP contribution in [-0.4, -0.2) is 30.5 Å². The van der Waals surface area contributed by atoms with E-state index in [2.05, 4.69) is 0 Å². The van der Waals surface area contributed by atoms with Gasteiger partial charge in [-0.15, -0.1) is 0 Å². The highest BCUT2D eigenvalue weighted by Crippen LogP contribution is 2.23. The molecular formula is C13H18N2O2. The fourth-order valence-corrected chi connectivity index (χ4v) is 2.01. The van der Waals surface area contributed by atoms with Crippen LogP contribution in [0.15, 0.2) is 24.3 Å². The lowest BCUT2D eigenvalue weighted by molar-refractivity contribution is -0.138. The molecule has 1 atom stereocenters. The topological polar surface area (TPSA) is 55.6 Å². The Kier molecular flexibility index (Phi) is 3.64. The van der Waals surface area contributed by atoms with Crippen molar-refractivity contribution in [3.05, 3.63) is 29.8 Å². The summed E-state index contributed by atoms with van der Waals surface area (Å²) in [5.41, 5.74) is 7.47. The van der Waals surface area contributed by atoms with Crippen LogP contribution in [0.1, 0.15) is 25.0 Å². The molecule has 1 saturated heterocycles. The lowest BCUT2D eigenvalue weighted by Gasteiger charge is -2.33. The van der Waals surface area contributed by atoms with Crippen LogP contribution in [-0.2, 0) is 9.53 Å². The Bertz CT molecular complexity index is 389. The first-order valence-corrected chi connectivity index (χ1v) is 5.95. The van der Waals surface area contributed by atoms with E-state index in [1.807, 2.05) is 36.1 Å². The number of amides is 1. The average molecular weight is 234 g/mol. The summed E-state index contributed by atoms with van der Waals surface area (Å²) in [6, 6.07) is 7.64. The summed E-state index contributed by atoms with van der Waals surface area (Å²) in [5, 5.41) is 0. The highest BCUT2D eigenvalue weighted by molar-refractivity contribution is 5.75. The van der Waals surface area contributed by atoms with Gasteiger partial charge in [-0.3, -0.25) is 4.79 Å². The van der Waals surface area contributed by atoms with E-state index in [0.29, 0.717) is 26.1 Å². The van der Waals surface area contributed by atoms with E-state index >= 15 is 0 Å². The molecule has 1 unspecified atom stereocenters. The van der Waals surface area contributed by atoms with Crippen molar-refractivity contribution in [2.75, 3.05) is 25.4 Å². The van der Waals surface area contributed by atoms with Gasteiger partial charge < -0.3 is 15.4 Å². The molecule has 0 bridgehead atoms. The van der Waals surface area contributed by atoms with E-state index in [0.717, 1.165) is 11.3 Å². The number of nitrogen functional groups attached to an aromatic ring is 1. The molecule has 2 N–H and O–H groups in total. The Morgan fingerprint density at radius 3 is 2.82 bits per heavy atom. The van der Waals surface area contributed by atoms with E-state index < -0.39 is 0 Å². The average Bonchev–Trinajstić information content (AvgIpc) is 2.39. The standard InChI is InChI=1S/C13H18N2O2/c1-2-13(16)15-7-8-17-12(9-15)10-3-5-11(14)6-4-10/h3-6,12H,2,7-9,14H2,1H3.